The zero-order chi connectivity index (χ0) is 11.3. The molecule has 80 valence electrons. The summed E-state index contributed by atoms with van der Waals surface area (Å²) < 4.78 is 30.4. The van der Waals surface area contributed by atoms with Gasteiger partial charge in [0.15, 0.2) is 0 Å². The van der Waals surface area contributed by atoms with E-state index in [9.17, 15) is 8.78 Å². The zero-order valence-corrected chi connectivity index (χ0v) is 7.91. The molecule has 0 aliphatic heterocycles. The summed E-state index contributed by atoms with van der Waals surface area (Å²) in [6.07, 6.45) is 0.314. The van der Waals surface area contributed by atoms with Crippen LogP contribution in [0.5, 0.6) is 5.75 Å². The van der Waals surface area contributed by atoms with Crippen LogP contribution in [0.4, 0.5) is 8.78 Å². The summed E-state index contributed by atoms with van der Waals surface area (Å²) in [6, 6.07) is 4.10. The molecule has 0 aliphatic rings. The van der Waals surface area contributed by atoms with Gasteiger partial charge in [-0.2, -0.15) is 5.26 Å². The zero-order valence-electron chi connectivity index (χ0n) is 7.91. The first-order valence-corrected chi connectivity index (χ1v) is 4.36. The van der Waals surface area contributed by atoms with Gasteiger partial charge in [0.05, 0.1) is 18.7 Å². The maximum atomic E-state index is 12.7. The normalized spacial score (nSPS) is 11.9. The van der Waals surface area contributed by atoms with Gasteiger partial charge < -0.3 is 10.5 Å². The lowest BCUT2D eigenvalue weighted by Gasteiger charge is -2.06. The van der Waals surface area contributed by atoms with E-state index in [0.29, 0.717) is 6.42 Å². The molecule has 1 aromatic carbocycles. The van der Waals surface area contributed by atoms with Crippen molar-refractivity contribution in [3.8, 4) is 11.8 Å². The summed E-state index contributed by atoms with van der Waals surface area (Å²) in [5.41, 5.74) is 5.31. The molecule has 0 aromatic heterocycles. The third-order valence-electron chi connectivity index (χ3n) is 1.70. The summed E-state index contributed by atoms with van der Waals surface area (Å²) in [6.45, 7) is 0.150. The van der Waals surface area contributed by atoms with Crippen molar-refractivity contribution in [2.24, 2.45) is 5.73 Å². The van der Waals surface area contributed by atoms with Crippen molar-refractivity contribution < 1.29 is 13.5 Å². The lowest BCUT2D eigenvalue weighted by molar-refractivity contribution is 0.303. The first-order chi connectivity index (χ1) is 7.11. The van der Waals surface area contributed by atoms with Crippen molar-refractivity contribution in [1.29, 1.82) is 5.26 Å². The highest BCUT2D eigenvalue weighted by Gasteiger charge is 2.03. The molecule has 3 nitrogen and oxygen atoms in total. The average Bonchev–Trinajstić information content (AvgIpc) is 2.16. The predicted octanol–water partition coefficient (Wildman–Crippen LogP) is 1.58. The third-order valence-corrected chi connectivity index (χ3v) is 1.70. The minimum atomic E-state index is -0.699. The molecule has 0 heterocycles. The van der Waals surface area contributed by atoms with E-state index in [2.05, 4.69) is 0 Å². The molecule has 15 heavy (non-hydrogen) atoms. The smallest absolute Gasteiger partial charge is 0.129 e. The maximum absolute atomic E-state index is 12.7. The number of nitriles is 1. The first-order valence-electron chi connectivity index (χ1n) is 4.36. The van der Waals surface area contributed by atoms with Gasteiger partial charge in [-0.25, -0.2) is 8.78 Å². The molecule has 0 bridgehead atoms. The Hall–Kier alpha value is -1.67. The number of halogens is 2. The Morgan fingerprint density at radius 2 is 1.93 bits per heavy atom. The van der Waals surface area contributed by atoms with E-state index in [1.165, 1.54) is 0 Å². The monoisotopic (exact) mass is 212 g/mol. The van der Waals surface area contributed by atoms with Crippen molar-refractivity contribution >= 4 is 0 Å². The summed E-state index contributed by atoms with van der Waals surface area (Å²) in [4.78, 5) is 0. The number of nitrogens with two attached hydrogens (primary N) is 1. The van der Waals surface area contributed by atoms with Gasteiger partial charge in [0, 0.05) is 24.6 Å². The molecule has 0 amide bonds. The second-order valence-corrected chi connectivity index (χ2v) is 2.98. The molecule has 0 spiro atoms. The first kappa shape index (κ1) is 11.4. The molecule has 1 atom stereocenters. The number of nitrogens with zero attached hydrogens (tertiary/aromatic N) is 1. The quantitative estimate of drug-likeness (QED) is 0.824. The Kier molecular flexibility index (Phi) is 4.01. The molecule has 2 N–H and O–H groups in total. The third kappa shape index (κ3) is 3.92. The van der Waals surface area contributed by atoms with Gasteiger partial charge >= 0.3 is 0 Å². The van der Waals surface area contributed by atoms with Crippen LogP contribution in [-0.4, -0.2) is 12.6 Å². The van der Waals surface area contributed by atoms with E-state index in [1.807, 2.05) is 6.07 Å². The molecule has 1 aromatic rings. The van der Waals surface area contributed by atoms with Crippen molar-refractivity contribution in [2.75, 3.05) is 6.61 Å². The van der Waals surface area contributed by atoms with Crippen molar-refractivity contribution in [2.45, 2.75) is 12.5 Å². The number of benzene rings is 1. The fourth-order valence-corrected chi connectivity index (χ4v) is 0.980. The molecule has 0 radical (unpaired) electrons. The largest absolute Gasteiger partial charge is 0.493 e. The number of rotatable bonds is 4. The number of hydrogen-bond donors (Lipinski definition) is 1. The standard InChI is InChI=1S/C10H10F2N2O/c11-7-3-8(12)5-10(4-7)15-2-1-9(14)6-13/h3-5,9H,1-2,14H2. The van der Waals surface area contributed by atoms with Crippen LogP contribution in [0.3, 0.4) is 0 Å². The second-order valence-electron chi connectivity index (χ2n) is 2.98. The fourth-order valence-electron chi connectivity index (χ4n) is 0.980. The van der Waals surface area contributed by atoms with Crippen LogP contribution < -0.4 is 10.5 Å². The highest BCUT2D eigenvalue weighted by molar-refractivity contribution is 5.23. The van der Waals surface area contributed by atoms with Gasteiger partial charge in [-0.3, -0.25) is 0 Å². The summed E-state index contributed by atoms with van der Waals surface area (Å²) in [5, 5.41) is 8.37. The van der Waals surface area contributed by atoms with Crippen molar-refractivity contribution in [3.05, 3.63) is 29.8 Å². The van der Waals surface area contributed by atoms with E-state index < -0.39 is 17.7 Å². The number of hydrogen-bond acceptors (Lipinski definition) is 3. The summed E-state index contributed by atoms with van der Waals surface area (Å²) in [7, 11) is 0. The maximum Gasteiger partial charge on any atom is 0.129 e. The average molecular weight is 212 g/mol. The Labute approximate surface area is 86.1 Å². The predicted molar refractivity (Wildman–Crippen MR) is 50.1 cm³/mol. The Morgan fingerprint density at radius 3 is 2.47 bits per heavy atom. The van der Waals surface area contributed by atoms with E-state index in [-0.39, 0.29) is 12.4 Å². The van der Waals surface area contributed by atoms with Crippen LogP contribution in [0.25, 0.3) is 0 Å². The summed E-state index contributed by atoms with van der Waals surface area (Å²) >= 11 is 0. The minimum Gasteiger partial charge on any atom is -0.493 e. The van der Waals surface area contributed by atoms with E-state index >= 15 is 0 Å². The molecule has 0 saturated heterocycles. The van der Waals surface area contributed by atoms with Gasteiger partial charge in [-0.1, -0.05) is 0 Å². The number of ether oxygens (including phenoxy) is 1. The van der Waals surface area contributed by atoms with Gasteiger partial charge in [-0.15, -0.1) is 0 Å². The molecule has 0 saturated carbocycles. The van der Waals surface area contributed by atoms with Gasteiger partial charge in [0.1, 0.15) is 17.4 Å². The van der Waals surface area contributed by atoms with Crippen LogP contribution in [0.2, 0.25) is 0 Å². The molecular weight excluding hydrogens is 202 g/mol. The topological polar surface area (TPSA) is 59.0 Å². The molecule has 5 heteroatoms. The highest BCUT2D eigenvalue weighted by atomic mass is 19.1. The molecule has 1 unspecified atom stereocenters. The van der Waals surface area contributed by atoms with Crippen molar-refractivity contribution in [1.82, 2.24) is 0 Å². The van der Waals surface area contributed by atoms with Crippen LogP contribution >= 0.6 is 0 Å². The Balaban J connectivity index is 2.48. The highest BCUT2D eigenvalue weighted by Crippen LogP contribution is 2.15. The molecule has 0 fully saturated rings. The summed E-state index contributed by atoms with van der Waals surface area (Å²) in [5.74, 6) is -1.30. The van der Waals surface area contributed by atoms with Crippen LogP contribution in [0, 0.1) is 23.0 Å². The Morgan fingerprint density at radius 1 is 1.33 bits per heavy atom. The lowest BCUT2D eigenvalue weighted by Crippen LogP contribution is -2.20. The van der Waals surface area contributed by atoms with Crippen molar-refractivity contribution in [3.63, 3.8) is 0 Å². The van der Waals surface area contributed by atoms with Crippen LogP contribution in [0.1, 0.15) is 6.42 Å². The van der Waals surface area contributed by atoms with Gasteiger partial charge in [0.25, 0.3) is 0 Å². The van der Waals surface area contributed by atoms with Gasteiger partial charge in [-0.05, 0) is 0 Å². The van der Waals surface area contributed by atoms with Gasteiger partial charge in [0.2, 0.25) is 0 Å². The molecule has 0 aliphatic carbocycles. The van der Waals surface area contributed by atoms with E-state index in [4.69, 9.17) is 15.7 Å². The fraction of sp³-hybridized carbons (Fsp3) is 0.300. The van der Waals surface area contributed by atoms with E-state index in [0.717, 1.165) is 18.2 Å². The second kappa shape index (κ2) is 5.27. The molecule has 1 rings (SSSR count). The van der Waals surface area contributed by atoms with Crippen LogP contribution in [0.15, 0.2) is 18.2 Å². The lowest BCUT2D eigenvalue weighted by atomic mass is 10.2. The van der Waals surface area contributed by atoms with E-state index in [1.54, 1.807) is 0 Å². The Bertz CT molecular complexity index is 356. The minimum absolute atomic E-state index is 0.0950. The SMILES string of the molecule is N#CC(N)CCOc1cc(F)cc(F)c1. The van der Waals surface area contributed by atoms with Crippen LogP contribution in [-0.2, 0) is 0 Å². The molecular formula is C10H10F2N2O.